The summed E-state index contributed by atoms with van der Waals surface area (Å²) in [5, 5.41) is 4.12. The molecule has 0 atom stereocenters. The van der Waals surface area contributed by atoms with Crippen LogP contribution in [0.4, 0.5) is 14.6 Å². The van der Waals surface area contributed by atoms with Crippen molar-refractivity contribution >= 4 is 32.7 Å². The lowest BCUT2D eigenvalue weighted by atomic mass is 9.94. The number of hydrogen-bond acceptors (Lipinski definition) is 5. The summed E-state index contributed by atoms with van der Waals surface area (Å²) >= 11 is 3.51. The van der Waals surface area contributed by atoms with Crippen LogP contribution < -0.4 is 10.9 Å². The number of hydrogen-bond donors (Lipinski definition) is 1. The smallest absolute Gasteiger partial charge is 0.273 e. The van der Waals surface area contributed by atoms with Crippen molar-refractivity contribution in [3.63, 3.8) is 0 Å². The van der Waals surface area contributed by atoms with Gasteiger partial charge in [-0.25, -0.2) is 18.7 Å². The Labute approximate surface area is 198 Å². The van der Waals surface area contributed by atoms with Gasteiger partial charge in [0.05, 0.1) is 16.4 Å². The average Bonchev–Trinajstić information content (AvgIpc) is 3.49. The number of piperidine rings is 1. The maximum Gasteiger partial charge on any atom is 0.273 e. The highest BCUT2D eigenvalue weighted by Gasteiger charge is 2.46. The third kappa shape index (κ3) is 3.23. The van der Waals surface area contributed by atoms with Crippen LogP contribution in [-0.2, 0) is 24.4 Å². The van der Waals surface area contributed by atoms with Crippen molar-refractivity contribution in [2.24, 2.45) is 0 Å². The second-order valence-electron chi connectivity index (χ2n) is 9.50. The first kappa shape index (κ1) is 21.2. The third-order valence-electron chi connectivity index (χ3n) is 7.55. The summed E-state index contributed by atoms with van der Waals surface area (Å²) in [6, 6.07) is 5.11. The Bertz CT molecular complexity index is 1350. The summed E-state index contributed by atoms with van der Waals surface area (Å²) in [6.07, 6.45) is 4.01. The van der Waals surface area contributed by atoms with E-state index >= 15 is 0 Å². The molecule has 1 N–H and O–H groups in total. The largest absolute Gasteiger partial charge is 0.365 e. The van der Waals surface area contributed by atoms with Crippen molar-refractivity contribution in [1.29, 1.82) is 0 Å². The predicted molar refractivity (Wildman–Crippen MR) is 126 cm³/mol. The fourth-order valence-electron chi connectivity index (χ4n) is 5.81. The Kier molecular flexibility index (Phi) is 4.68. The predicted octanol–water partition coefficient (Wildman–Crippen LogP) is 4.32. The van der Waals surface area contributed by atoms with Gasteiger partial charge in [-0.2, -0.15) is 0 Å². The van der Waals surface area contributed by atoms with Gasteiger partial charge in [0.2, 0.25) is 0 Å². The average molecular weight is 516 g/mol. The fourth-order valence-corrected chi connectivity index (χ4v) is 6.30. The van der Waals surface area contributed by atoms with Gasteiger partial charge in [0.15, 0.2) is 0 Å². The van der Waals surface area contributed by atoms with Gasteiger partial charge in [-0.1, -0.05) is 18.2 Å². The molecule has 0 spiro atoms. The zero-order chi connectivity index (χ0) is 23.0. The van der Waals surface area contributed by atoms with Crippen LogP contribution >= 0.6 is 15.9 Å². The molecule has 0 amide bonds. The molecular weight excluding hydrogens is 492 g/mol. The van der Waals surface area contributed by atoms with Crippen LogP contribution in [0.2, 0.25) is 0 Å². The summed E-state index contributed by atoms with van der Waals surface area (Å²) in [5.74, 6) is -1.61. The Balaban J connectivity index is 1.42. The minimum absolute atomic E-state index is 0.0709. The van der Waals surface area contributed by atoms with E-state index in [9.17, 15) is 13.6 Å². The van der Waals surface area contributed by atoms with Crippen molar-refractivity contribution in [1.82, 2.24) is 19.4 Å². The molecule has 0 unspecified atom stereocenters. The molecule has 6 rings (SSSR count). The zero-order valence-corrected chi connectivity index (χ0v) is 19.9. The summed E-state index contributed by atoms with van der Waals surface area (Å²) in [6.45, 7) is 5.04. The van der Waals surface area contributed by atoms with Crippen molar-refractivity contribution < 1.29 is 8.78 Å². The lowest BCUT2D eigenvalue weighted by Crippen LogP contribution is -2.40. The molecule has 9 heteroatoms. The monoisotopic (exact) mass is 515 g/mol. The summed E-state index contributed by atoms with van der Waals surface area (Å²) < 4.78 is 30.7. The van der Waals surface area contributed by atoms with Crippen LogP contribution in [0.15, 0.2) is 33.7 Å². The van der Waals surface area contributed by atoms with E-state index < -0.39 is 5.92 Å². The van der Waals surface area contributed by atoms with Gasteiger partial charge >= 0.3 is 0 Å². The first-order valence-corrected chi connectivity index (χ1v) is 12.1. The Morgan fingerprint density at radius 1 is 1.18 bits per heavy atom. The number of nitrogens with zero attached hydrogens (tertiary/aromatic N) is 4. The van der Waals surface area contributed by atoms with E-state index in [0.717, 1.165) is 49.0 Å². The van der Waals surface area contributed by atoms with Crippen LogP contribution in [0.25, 0.3) is 10.9 Å². The lowest BCUT2D eigenvalue weighted by Gasteiger charge is -2.29. The first-order valence-electron chi connectivity index (χ1n) is 11.3. The molecule has 6 nitrogen and oxygen atoms in total. The van der Waals surface area contributed by atoms with E-state index in [2.05, 4.69) is 36.1 Å². The number of aryl methyl sites for hydroxylation is 1. The molecule has 33 heavy (non-hydrogen) atoms. The molecular formula is C24H24BrF2N5O. The molecule has 2 saturated heterocycles. The maximum absolute atomic E-state index is 14.2. The fraction of sp³-hybridized carbons (Fsp3) is 0.458. The number of alkyl halides is 2. The number of fused-ring (bicyclic) bond motifs is 4. The van der Waals surface area contributed by atoms with Crippen LogP contribution in [0, 0.1) is 6.92 Å². The normalized spacial score (nSPS) is 25.0. The van der Waals surface area contributed by atoms with E-state index in [1.54, 1.807) is 13.0 Å². The molecule has 4 heterocycles. The summed E-state index contributed by atoms with van der Waals surface area (Å²) in [4.78, 5) is 24.8. The van der Waals surface area contributed by atoms with Crippen LogP contribution in [0.3, 0.4) is 0 Å². The number of benzene rings is 1. The maximum atomic E-state index is 14.2. The van der Waals surface area contributed by atoms with Crippen LogP contribution in [-0.4, -0.2) is 39.1 Å². The van der Waals surface area contributed by atoms with E-state index in [1.807, 2.05) is 16.8 Å². The molecule has 1 aliphatic carbocycles. The van der Waals surface area contributed by atoms with Gasteiger partial charge in [0.25, 0.3) is 11.5 Å². The van der Waals surface area contributed by atoms with Gasteiger partial charge in [0, 0.05) is 44.4 Å². The molecule has 2 bridgehead atoms. The highest BCUT2D eigenvalue weighted by molar-refractivity contribution is 9.10. The highest BCUT2D eigenvalue weighted by Crippen LogP contribution is 2.43. The van der Waals surface area contributed by atoms with Gasteiger partial charge < -0.3 is 14.8 Å². The van der Waals surface area contributed by atoms with E-state index in [1.165, 1.54) is 6.07 Å². The number of nitrogens with one attached hydrogen (secondary N) is 1. The summed E-state index contributed by atoms with van der Waals surface area (Å²) in [5.41, 5.74) is 2.01. The first-order chi connectivity index (χ1) is 15.8. The minimum atomic E-state index is -2.76. The van der Waals surface area contributed by atoms with Gasteiger partial charge in [-0.3, -0.25) is 4.79 Å². The summed E-state index contributed by atoms with van der Waals surface area (Å²) in [7, 11) is 0. The number of pyridine rings is 1. The number of halogens is 3. The number of aromatic nitrogens is 3. The topological polar surface area (TPSA) is 63.1 Å². The SMILES string of the molecule is Cc1nc(NCc2cccc3c2CCC3(F)F)c2cn(C34CCN(CC3)C4)c(=O)c(Br)c2n1. The second-order valence-corrected chi connectivity index (χ2v) is 10.3. The molecule has 0 saturated carbocycles. The third-order valence-corrected chi connectivity index (χ3v) is 8.26. The van der Waals surface area contributed by atoms with Gasteiger partial charge in [-0.05, 0) is 53.2 Å². The zero-order valence-electron chi connectivity index (χ0n) is 18.3. The van der Waals surface area contributed by atoms with Crippen molar-refractivity contribution in [2.45, 2.75) is 50.6 Å². The molecule has 3 aromatic rings. The van der Waals surface area contributed by atoms with Crippen molar-refractivity contribution in [3.8, 4) is 0 Å². The molecule has 0 radical (unpaired) electrons. The Morgan fingerprint density at radius 3 is 2.70 bits per heavy atom. The Morgan fingerprint density at radius 2 is 1.97 bits per heavy atom. The van der Waals surface area contributed by atoms with Gasteiger partial charge in [-0.15, -0.1) is 0 Å². The van der Waals surface area contributed by atoms with E-state index in [-0.39, 0.29) is 23.1 Å². The number of rotatable bonds is 4. The lowest BCUT2D eigenvalue weighted by molar-refractivity contribution is -0.00184. The highest BCUT2D eigenvalue weighted by atomic mass is 79.9. The molecule has 2 aromatic heterocycles. The van der Waals surface area contributed by atoms with Crippen LogP contribution in [0.1, 0.15) is 41.8 Å². The standard InChI is InChI=1S/C24H24BrF2N5O/c1-14-29-20-17(12-32(22(33)19(20)25)23-7-9-31(13-23)10-8-23)21(30-14)28-11-15-3-2-4-18-16(15)5-6-24(18,26)27/h2-4,12H,5-11,13H2,1H3,(H,28,29,30). The molecule has 3 aliphatic rings. The van der Waals surface area contributed by atoms with Gasteiger partial charge in [0.1, 0.15) is 16.1 Å². The molecule has 172 valence electrons. The van der Waals surface area contributed by atoms with Crippen LogP contribution in [0.5, 0.6) is 0 Å². The quantitative estimate of drug-likeness (QED) is 0.560. The van der Waals surface area contributed by atoms with E-state index in [0.29, 0.717) is 34.6 Å². The minimum Gasteiger partial charge on any atom is -0.365 e. The number of anilines is 1. The second kappa shape index (κ2) is 7.30. The van der Waals surface area contributed by atoms with Crippen molar-refractivity contribution in [3.05, 3.63) is 61.7 Å². The van der Waals surface area contributed by atoms with Crippen molar-refractivity contribution in [2.75, 3.05) is 25.0 Å². The Hall–Kier alpha value is -2.39. The van der Waals surface area contributed by atoms with E-state index in [4.69, 9.17) is 0 Å². The molecule has 2 fully saturated rings. The molecule has 2 aliphatic heterocycles. The molecule has 1 aromatic carbocycles.